The summed E-state index contributed by atoms with van der Waals surface area (Å²) in [5.41, 5.74) is 5.91. The predicted octanol–water partition coefficient (Wildman–Crippen LogP) is 1.14. The van der Waals surface area contributed by atoms with Gasteiger partial charge in [-0.2, -0.15) is 0 Å². The van der Waals surface area contributed by atoms with E-state index in [1.165, 1.54) is 19.1 Å². The first-order valence-electron chi connectivity index (χ1n) is 7.79. The van der Waals surface area contributed by atoms with Crippen LogP contribution in [0.25, 0.3) is 0 Å². The van der Waals surface area contributed by atoms with Gasteiger partial charge in [-0.15, -0.1) is 12.4 Å². The molecule has 0 aliphatic carbocycles. The smallest absolute Gasteiger partial charge is 0.211 e. The Labute approximate surface area is 135 Å². The first-order chi connectivity index (χ1) is 9.40. The predicted molar refractivity (Wildman–Crippen MR) is 89.2 cm³/mol. The highest BCUT2D eigenvalue weighted by atomic mass is 35.5. The molecule has 0 saturated carbocycles. The van der Waals surface area contributed by atoms with Crippen molar-refractivity contribution in [2.75, 3.05) is 39.0 Å². The number of hydrogen-bond donors (Lipinski definition) is 1. The first kappa shape index (κ1) is 19.2. The van der Waals surface area contributed by atoms with E-state index in [0.29, 0.717) is 31.6 Å². The summed E-state index contributed by atoms with van der Waals surface area (Å²) in [4.78, 5) is 2.50. The van der Waals surface area contributed by atoms with Gasteiger partial charge >= 0.3 is 0 Å². The number of hydrogen-bond acceptors (Lipinski definition) is 4. The van der Waals surface area contributed by atoms with Crippen molar-refractivity contribution in [3.05, 3.63) is 0 Å². The molecule has 2 N–H and O–H groups in total. The molecule has 2 rings (SSSR count). The fraction of sp³-hybridized carbons (Fsp3) is 1.00. The van der Waals surface area contributed by atoms with Gasteiger partial charge in [0.15, 0.2) is 0 Å². The van der Waals surface area contributed by atoms with Crippen molar-refractivity contribution in [3.63, 3.8) is 0 Å². The van der Waals surface area contributed by atoms with Crippen molar-refractivity contribution in [1.82, 2.24) is 9.21 Å². The molecular weight excluding hydrogens is 310 g/mol. The molecule has 0 spiro atoms. The Morgan fingerprint density at radius 2 is 1.95 bits per heavy atom. The molecule has 0 aromatic carbocycles. The molecule has 21 heavy (non-hydrogen) atoms. The van der Waals surface area contributed by atoms with E-state index in [0.717, 1.165) is 31.8 Å². The van der Waals surface area contributed by atoms with Crippen molar-refractivity contribution in [2.24, 2.45) is 17.6 Å². The van der Waals surface area contributed by atoms with Gasteiger partial charge in [-0.05, 0) is 44.1 Å². The zero-order valence-corrected chi connectivity index (χ0v) is 14.8. The monoisotopic (exact) mass is 339 g/mol. The molecule has 3 atom stereocenters. The quantitative estimate of drug-likeness (QED) is 0.834. The molecule has 0 bridgehead atoms. The zero-order chi connectivity index (χ0) is 14.8. The molecule has 2 saturated heterocycles. The number of rotatable bonds is 4. The van der Waals surface area contributed by atoms with Crippen molar-refractivity contribution in [3.8, 4) is 0 Å². The lowest BCUT2D eigenvalue weighted by Gasteiger charge is -2.41. The maximum atomic E-state index is 11.7. The van der Waals surface area contributed by atoms with Crippen LogP contribution in [-0.4, -0.2) is 62.6 Å². The fourth-order valence-corrected chi connectivity index (χ4v) is 4.54. The molecule has 126 valence electrons. The van der Waals surface area contributed by atoms with Crippen molar-refractivity contribution in [1.29, 1.82) is 0 Å². The number of piperidine rings is 2. The van der Waals surface area contributed by atoms with Crippen LogP contribution in [0.5, 0.6) is 0 Å². The number of likely N-dealkylation sites (tertiary alicyclic amines) is 1. The summed E-state index contributed by atoms with van der Waals surface area (Å²) in [7, 11) is -3.04. The van der Waals surface area contributed by atoms with E-state index in [1.807, 2.05) is 0 Å². The van der Waals surface area contributed by atoms with Crippen LogP contribution in [0.1, 0.15) is 32.6 Å². The molecule has 3 unspecified atom stereocenters. The van der Waals surface area contributed by atoms with Crippen LogP contribution in [0.4, 0.5) is 0 Å². The SMILES string of the molecule is CC1CCN(CC2CCCN(S(C)(=O)=O)C2)C(CN)C1.Cl. The Balaban J connectivity index is 0.00000220. The van der Waals surface area contributed by atoms with Gasteiger partial charge < -0.3 is 5.73 Å². The van der Waals surface area contributed by atoms with Crippen LogP contribution in [0.15, 0.2) is 0 Å². The Morgan fingerprint density at radius 3 is 2.57 bits per heavy atom. The highest BCUT2D eigenvalue weighted by molar-refractivity contribution is 7.88. The fourth-order valence-electron chi connectivity index (χ4n) is 3.59. The van der Waals surface area contributed by atoms with E-state index in [9.17, 15) is 8.42 Å². The van der Waals surface area contributed by atoms with E-state index >= 15 is 0 Å². The highest BCUT2D eigenvalue weighted by Crippen LogP contribution is 2.26. The average molecular weight is 340 g/mol. The average Bonchev–Trinajstić information content (AvgIpc) is 2.40. The molecule has 2 fully saturated rings. The second-order valence-electron chi connectivity index (χ2n) is 6.64. The van der Waals surface area contributed by atoms with Crippen LogP contribution >= 0.6 is 12.4 Å². The van der Waals surface area contributed by atoms with Crippen molar-refractivity contribution in [2.45, 2.75) is 38.6 Å². The topological polar surface area (TPSA) is 66.6 Å². The Morgan fingerprint density at radius 1 is 1.24 bits per heavy atom. The minimum atomic E-state index is -3.04. The normalized spacial score (nSPS) is 32.6. The third-order valence-electron chi connectivity index (χ3n) is 4.82. The van der Waals surface area contributed by atoms with Gasteiger partial charge in [0, 0.05) is 32.2 Å². The van der Waals surface area contributed by atoms with Gasteiger partial charge in [-0.1, -0.05) is 6.92 Å². The van der Waals surface area contributed by atoms with Crippen LogP contribution in [-0.2, 0) is 10.0 Å². The molecule has 0 radical (unpaired) electrons. The number of sulfonamides is 1. The van der Waals surface area contributed by atoms with Crippen LogP contribution in [0.3, 0.4) is 0 Å². The van der Waals surface area contributed by atoms with Gasteiger partial charge in [0.1, 0.15) is 0 Å². The molecule has 5 nitrogen and oxygen atoms in total. The van der Waals surface area contributed by atoms with Crippen molar-refractivity contribution >= 4 is 22.4 Å². The van der Waals surface area contributed by atoms with Gasteiger partial charge in [-0.3, -0.25) is 4.90 Å². The number of nitrogens with two attached hydrogens (primary N) is 1. The minimum Gasteiger partial charge on any atom is -0.329 e. The summed E-state index contributed by atoms with van der Waals surface area (Å²) >= 11 is 0. The standard InChI is InChI=1S/C14H29N3O2S.ClH/c1-12-5-7-16(14(8-12)9-15)10-13-4-3-6-17(11-13)20(2,18)19;/h12-14H,3-11,15H2,1-2H3;1H. The molecule has 2 aliphatic rings. The lowest BCUT2D eigenvalue weighted by atomic mass is 9.90. The summed E-state index contributed by atoms with van der Waals surface area (Å²) in [5.74, 6) is 1.22. The molecule has 7 heteroatoms. The van der Waals surface area contributed by atoms with Gasteiger partial charge in [0.05, 0.1) is 6.26 Å². The summed E-state index contributed by atoms with van der Waals surface area (Å²) in [5, 5.41) is 0. The zero-order valence-electron chi connectivity index (χ0n) is 13.2. The maximum Gasteiger partial charge on any atom is 0.211 e. The van der Waals surface area contributed by atoms with Crippen LogP contribution < -0.4 is 5.73 Å². The molecule has 0 aromatic rings. The lowest BCUT2D eigenvalue weighted by molar-refractivity contribution is 0.0889. The van der Waals surface area contributed by atoms with Crippen LogP contribution in [0.2, 0.25) is 0 Å². The van der Waals surface area contributed by atoms with E-state index in [4.69, 9.17) is 5.73 Å². The van der Waals surface area contributed by atoms with Gasteiger partial charge in [0.2, 0.25) is 10.0 Å². The minimum absolute atomic E-state index is 0. The molecule has 2 aliphatic heterocycles. The largest absolute Gasteiger partial charge is 0.329 e. The van der Waals surface area contributed by atoms with Crippen molar-refractivity contribution < 1.29 is 8.42 Å². The summed E-state index contributed by atoms with van der Waals surface area (Å²) < 4.78 is 25.0. The highest BCUT2D eigenvalue weighted by Gasteiger charge is 2.31. The van der Waals surface area contributed by atoms with E-state index in [-0.39, 0.29) is 12.4 Å². The maximum absolute atomic E-state index is 11.7. The Kier molecular flexibility index (Phi) is 7.40. The second-order valence-corrected chi connectivity index (χ2v) is 8.63. The molecular formula is C14H30ClN3O2S. The summed E-state index contributed by atoms with van der Waals surface area (Å²) in [6, 6.07) is 0.479. The number of halogens is 1. The third-order valence-corrected chi connectivity index (χ3v) is 6.09. The summed E-state index contributed by atoms with van der Waals surface area (Å²) in [6.07, 6.45) is 5.85. The van der Waals surface area contributed by atoms with Crippen LogP contribution in [0, 0.1) is 11.8 Å². The van der Waals surface area contributed by atoms with Gasteiger partial charge in [-0.25, -0.2) is 12.7 Å². The van der Waals surface area contributed by atoms with E-state index in [2.05, 4.69) is 11.8 Å². The third kappa shape index (κ3) is 5.36. The van der Waals surface area contributed by atoms with E-state index in [1.54, 1.807) is 4.31 Å². The Bertz CT molecular complexity index is 418. The van der Waals surface area contributed by atoms with Gasteiger partial charge in [0.25, 0.3) is 0 Å². The molecule has 0 aromatic heterocycles. The molecule has 0 amide bonds. The first-order valence-corrected chi connectivity index (χ1v) is 9.64. The van der Waals surface area contributed by atoms with E-state index < -0.39 is 10.0 Å². The second kappa shape index (κ2) is 8.11. The molecule has 2 heterocycles. The number of nitrogens with zero attached hydrogens (tertiary/aromatic N) is 2. The Hall–Kier alpha value is 0.120. The lowest BCUT2D eigenvalue weighted by Crippen LogP contribution is -2.50. The summed E-state index contributed by atoms with van der Waals surface area (Å²) in [6.45, 7) is 6.49.